The molecular formula is C10H24N4O. The van der Waals surface area contributed by atoms with Crippen LogP contribution in [0, 0.1) is 0 Å². The second-order valence-corrected chi connectivity index (χ2v) is 4.05. The first-order valence-corrected chi connectivity index (χ1v) is 5.36. The molecule has 4 N–H and O–H groups in total. The lowest BCUT2D eigenvalue weighted by Crippen LogP contribution is -2.43. The average molecular weight is 216 g/mol. The Morgan fingerprint density at radius 2 is 2.13 bits per heavy atom. The number of nitrogens with zero attached hydrogens (tertiary/aromatic N) is 1. The molecule has 0 amide bonds. The lowest BCUT2D eigenvalue weighted by atomic mass is 10.1. The van der Waals surface area contributed by atoms with Crippen molar-refractivity contribution in [3.8, 4) is 0 Å². The van der Waals surface area contributed by atoms with Gasteiger partial charge >= 0.3 is 0 Å². The van der Waals surface area contributed by atoms with Crippen molar-refractivity contribution < 1.29 is 4.74 Å². The standard InChI is InChI=1S/C10H24N4O/c1-5-6-7-12-9(14-11)13-8-10(2,3)15-4/h5-8,11H2,1-4H3,(H2,12,13,14). The van der Waals surface area contributed by atoms with Gasteiger partial charge in [0.2, 0.25) is 5.96 Å². The van der Waals surface area contributed by atoms with Gasteiger partial charge in [0.05, 0.1) is 12.1 Å². The quantitative estimate of drug-likeness (QED) is 0.200. The molecule has 90 valence electrons. The Morgan fingerprint density at radius 3 is 2.60 bits per heavy atom. The molecule has 0 saturated heterocycles. The number of hydrazine groups is 1. The van der Waals surface area contributed by atoms with Crippen LogP contribution in [0.15, 0.2) is 4.99 Å². The summed E-state index contributed by atoms with van der Waals surface area (Å²) in [5, 5.41) is 3.13. The van der Waals surface area contributed by atoms with E-state index in [-0.39, 0.29) is 5.60 Å². The van der Waals surface area contributed by atoms with E-state index in [4.69, 9.17) is 10.6 Å². The van der Waals surface area contributed by atoms with Crippen molar-refractivity contribution in [3.05, 3.63) is 0 Å². The Labute approximate surface area is 92.4 Å². The van der Waals surface area contributed by atoms with Crippen LogP contribution in [0.4, 0.5) is 0 Å². The summed E-state index contributed by atoms with van der Waals surface area (Å²) in [6.07, 6.45) is 2.25. The van der Waals surface area contributed by atoms with E-state index >= 15 is 0 Å². The first kappa shape index (κ1) is 14.2. The molecule has 15 heavy (non-hydrogen) atoms. The molecule has 0 aromatic heterocycles. The summed E-state index contributed by atoms with van der Waals surface area (Å²) >= 11 is 0. The zero-order chi connectivity index (χ0) is 11.7. The van der Waals surface area contributed by atoms with Crippen molar-refractivity contribution in [1.82, 2.24) is 10.7 Å². The van der Waals surface area contributed by atoms with Crippen molar-refractivity contribution in [2.75, 3.05) is 20.2 Å². The van der Waals surface area contributed by atoms with Crippen LogP contribution in [0.1, 0.15) is 33.6 Å². The highest BCUT2D eigenvalue weighted by atomic mass is 16.5. The van der Waals surface area contributed by atoms with E-state index in [1.54, 1.807) is 7.11 Å². The molecule has 0 bridgehead atoms. The number of guanidine groups is 1. The number of rotatable bonds is 6. The van der Waals surface area contributed by atoms with Gasteiger partial charge in [-0.05, 0) is 20.3 Å². The first-order chi connectivity index (χ1) is 7.05. The van der Waals surface area contributed by atoms with Gasteiger partial charge in [-0.15, -0.1) is 0 Å². The fourth-order valence-corrected chi connectivity index (χ4v) is 0.870. The normalized spacial score (nSPS) is 12.7. The topological polar surface area (TPSA) is 71.7 Å². The molecule has 5 heteroatoms. The van der Waals surface area contributed by atoms with Gasteiger partial charge in [-0.25, -0.2) is 10.8 Å². The molecule has 0 aromatic carbocycles. The van der Waals surface area contributed by atoms with Crippen LogP contribution in [0.25, 0.3) is 0 Å². The minimum atomic E-state index is -0.255. The van der Waals surface area contributed by atoms with Gasteiger partial charge in [-0.2, -0.15) is 0 Å². The van der Waals surface area contributed by atoms with Crippen LogP contribution in [0.5, 0.6) is 0 Å². The number of hydrogen-bond donors (Lipinski definition) is 3. The minimum absolute atomic E-state index is 0.255. The molecule has 0 aromatic rings. The summed E-state index contributed by atoms with van der Waals surface area (Å²) in [6, 6.07) is 0. The summed E-state index contributed by atoms with van der Waals surface area (Å²) in [6.45, 7) is 7.56. The van der Waals surface area contributed by atoms with Crippen LogP contribution in [0.2, 0.25) is 0 Å². The predicted octanol–water partition coefficient (Wildman–Crippen LogP) is 0.620. The molecular weight excluding hydrogens is 192 g/mol. The van der Waals surface area contributed by atoms with Crippen molar-refractivity contribution in [1.29, 1.82) is 0 Å². The highest BCUT2D eigenvalue weighted by Gasteiger charge is 2.15. The lowest BCUT2D eigenvalue weighted by Gasteiger charge is -2.20. The summed E-state index contributed by atoms with van der Waals surface area (Å²) in [4.78, 5) is 4.30. The van der Waals surface area contributed by atoms with Crippen LogP contribution >= 0.6 is 0 Å². The second kappa shape index (κ2) is 7.48. The fourth-order valence-electron chi connectivity index (χ4n) is 0.870. The number of hydrogen-bond acceptors (Lipinski definition) is 3. The fraction of sp³-hybridized carbons (Fsp3) is 0.900. The molecule has 0 spiro atoms. The molecule has 5 nitrogen and oxygen atoms in total. The van der Waals surface area contributed by atoms with Gasteiger partial charge in [0.1, 0.15) is 0 Å². The minimum Gasteiger partial charge on any atom is -0.377 e. The Balaban J connectivity index is 3.99. The van der Waals surface area contributed by atoms with E-state index in [1.165, 1.54) is 0 Å². The van der Waals surface area contributed by atoms with Crippen molar-refractivity contribution in [3.63, 3.8) is 0 Å². The number of unbranched alkanes of at least 4 members (excludes halogenated alkanes) is 1. The Kier molecular flexibility index (Phi) is 7.07. The van der Waals surface area contributed by atoms with Gasteiger partial charge in [0.25, 0.3) is 0 Å². The number of methoxy groups -OCH3 is 1. The highest BCUT2D eigenvalue weighted by molar-refractivity contribution is 5.79. The molecule has 0 unspecified atom stereocenters. The summed E-state index contributed by atoms with van der Waals surface area (Å²) in [5.41, 5.74) is 2.29. The third-order valence-corrected chi connectivity index (χ3v) is 2.13. The van der Waals surface area contributed by atoms with Crippen molar-refractivity contribution in [2.24, 2.45) is 10.8 Å². The van der Waals surface area contributed by atoms with Gasteiger partial charge in [0.15, 0.2) is 0 Å². The smallest absolute Gasteiger partial charge is 0.205 e. The van der Waals surface area contributed by atoms with Gasteiger partial charge in [-0.3, -0.25) is 5.43 Å². The molecule has 0 aliphatic heterocycles. The highest BCUT2D eigenvalue weighted by Crippen LogP contribution is 2.06. The van der Waals surface area contributed by atoms with E-state index < -0.39 is 0 Å². The van der Waals surface area contributed by atoms with E-state index in [1.807, 2.05) is 13.8 Å². The van der Waals surface area contributed by atoms with E-state index in [2.05, 4.69) is 22.7 Å². The molecule has 0 fully saturated rings. The van der Waals surface area contributed by atoms with E-state index in [9.17, 15) is 0 Å². The predicted molar refractivity (Wildman–Crippen MR) is 63.6 cm³/mol. The summed E-state index contributed by atoms with van der Waals surface area (Å²) < 4.78 is 5.25. The average Bonchev–Trinajstić information content (AvgIpc) is 2.23. The molecule has 0 aliphatic rings. The Morgan fingerprint density at radius 1 is 1.47 bits per heavy atom. The van der Waals surface area contributed by atoms with Crippen LogP contribution < -0.4 is 16.6 Å². The van der Waals surface area contributed by atoms with Gasteiger partial charge < -0.3 is 10.1 Å². The zero-order valence-electron chi connectivity index (χ0n) is 10.3. The number of nitrogens with one attached hydrogen (secondary N) is 2. The summed E-state index contributed by atoms with van der Waals surface area (Å²) in [5.74, 6) is 5.96. The maximum atomic E-state index is 5.34. The third-order valence-electron chi connectivity index (χ3n) is 2.13. The Hall–Kier alpha value is -0.810. The van der Waals surface area contributed by atoms with Gasteiger partial charge in [0, 0.05) is 13.7 Å². The monoisotopic (exact) mass is 216 g/mol. The SMILES string of the molecule is CCCCNC(=NCC(C)(C)OC)NN. The molecule has 0 atom stereocenters. The largest absolute Gasteiger partial charge is 0.377 e. The van der Waals surface area contributed by atoms with Crippen LogP contribution in [-0.2, 0) is 4.74 Å². The molecule has 0 aliphatic carbocycles. The van der Waals surface area contributed by atoms with Crippen LogP contribution in [0.3, 0.4) is 0 Å². The van der Waals surface area contributed by atoms with Crippen LogP contribution in [-0.4, -0.2) is 31.8 Å². The second-order valence-electron chi connectivity index (χ2n) is 4.05. The number of nitrogens with two attached hydrogens (primary N) is 1. The molecule has 0 saturated carbocycles. The van der Waals surface area contributed by atoms with E-state index in [0.29, 0.717) is 12.5 Å². The van der Waals surface area contributed by atoms with Crippen molar-refractivity contribution >= 4 is 5.96 Å². The van der Waals surface area contributed by atoms with E-state index in [0.717, 1.165) is 19.4 Å². The molecule has 0 rings (SSSR count). The zero-order valence-corrected chi connectivity index (χ0v) is 10.3. The number of aliphatic imine (C=N–C) groups is 1. The lowest BCUT2D eigenvalue weighted by molar-refractivity contribution is 0.0310. The maximum absolute atomic E-state index is 5.34. The van der Waals surface area contributed by atoms with Crippen molar-refractivity contribution in [2.45, 2.75) is 39.2 Å². The third kappa shape index (κ3) is 7.16. The van der Waals surface area contributed by atoms with Gasteiger partial charge in [-0.1, -0.05) is 13.3 Å². The molecule has 0 heterocycles. The maximum Gasteiger partial charge on any atom is 0.205 e. The first-order valence-electron chi connectivity index (χ1n) is 5.36. The Bertz CT molecular complexity index is 192. The summed E-state index contributed by atoms with van der Waals surface area (Å²) in [7, 11) is 1.68. The molecule has 0 radical (unpaired) electrons. The number of ether oxygens (including phenoxy) is 1.